The van der Waals surface area contributed by atoms with Gasteiger partial charge >= 0.3 is 18.1 Å². The molecule has 1 fully saturated rings. The van der Waals surface area contributed by atoms with Crippen LogP contribution in [0.3, 0.4) is 0 Å². The predicted molar refractivity (Wildman–Crippen MR) is 89.7 cm³/mol. The van der Waals surface area contributed by atoms with Crippen molar-refractivity contribution in [2.45, 2.75) is 84.3 Å². The fourth-order valence-corrected chi connectivity index (χ4v) is 2.01. The molecule has 1 aliphatic heterocycles. The molecule has 0 aromatic rings. The highest BCUT2D eigenvalue weighted by Gasteiger charge is 2.38. The molecule has 1 heterocycles. The number of aliphatic hydroxyl groups is 1. The molecule has 0 aromatic heterocycles. The van der Waals surface area contributed by atoms with Crippen molar-refractivity contribution in [3.63, 3.8) is 0 Å². The standard InChI is InChI=1S/C17H27NO9/c1-16(2,3)25-13(21)9-10(24-15(23)26-17(4,5)6)14(22)27-18-11(19)7-8-12(18)20/h10-11,19H,7-9H2,1-6H3/t10-,11?/m0/s1. The van der Waals surface area contributed by atoms with Crippen LogP contribution in [0.2, 0.25) is 0 Å². The van der Waals surface area contributed by atoms with Gasteiger partial charge in [-0.1, -0.05) is 0 Å². The Labute approximate surface area is 157 Å². The molecule has 1 aliphatic rings. The van der Waals surface area contributed by atoms with E-state index in [1.165, 1.54) is 0 Å². The second-order valence-corrected chi connectivity index (χ2v) is 8.01. The number of rotatable bonds is 5. The van der Waals surface area contributed by atoms with Crippen LogP contribution >= 0.6 is 0 Å². The summed E-state index contributed by atoms with van der Waals surface area (Å²) in [5.41, 5.74) is -1.71. The van der Waals surface area contributed by atoms with Gasteiger partial charge in [-0.25, -0.2) is 9.59 Å². The van der Waals surface area contributed by atoms with Gasteiger partial charge < -0.3 is 24.2 Å². The Kier molecular flexibility index (Phi) is 7.18. The third-order valence-corrected chi connectivity index (χ3v) is 2.98. The van der Waals surface area contributed by atoms with Crippen LogP contribution < -0.4 is 0 Å². The number of carbonyl (C=O) groups excluding carboxylic acids is 4. The minimum atomic E-state index is -1.71. The molecule has 0 spiro atoms. The zero-order valence-corrected chi connectivity index (χ0v) is 16.4. The molecule has 1 rings (SSSR count). The molecule has 27 heavy (non-hydrogen) atoms. The van der Waals surface area contributed by atoms with Crippen LogP contribution in [0.1, 0.15) is 60.8 Å². The van der Waals surface area contributed by atoms with Gasteiger partial charge in [0, 0.05) is 12.8 Å². The Bertz CT molecular complexity index is 558. The van der Waals surface area contributed by atoms with Gasteiger partial charge in [0.2, 0.25) is 6.10 Å². The highest BCUT2D eigenvalue weighted by atomic mass is 16.8. The third-order valence-electron chi connectivity index (χ3n) is 2.98. The topological polar surface area (TPSA) is 129 Å². The molecule has 154 valence electrons. The Hall–Kier alpha value is -2.36. The summed E-state index contributed by atoms with van der Waals surface area (Å²) in [5.74, 6) is -2.63. The number of carbonyl (C=O) groups is 4. The van der Waals surface area contributed by atoms with Gasteiger partial charge in [-0.15, -0.1) is 5.06 Å². The second-order valence-electron chi connectivity index (χ2n) is 8.01. The van der Waals surface area contributed by atoms with E-state index >= 15 is 0 Å². The molecule has 0 aliphatic carbocycles. The maximum Gasteiger partial charge on any atom is 0.509 e. The summed E-state index contributed by atoms with van der Waals surface area (Å²) in [6, 6.07) is 0. The lowest BCUT2D eigenvalue weighted by molar-refractivity contribution is -0.227. The van der Waals surface area contributed by atoms with Gasteiger partial charge in [0.25, 0.3) is 5.91 Å². The number of ether oxygens (including phenoxy) is 3. The van der Waals surface area contributed by atoms with E-state index in [4.69, 9.17) is 19.0 Å². The van der Waals surface area contributed by atoms with E-state index in [-0.39, 0.29) is 12.8 Å². The van der Waals surface area contributed by atoms with Crippen LogP contribution in [-0.4, -0.2) is 57.7 Å². The highest BCUT2D eigenvalue weighted by molar-refractivity contribution is 5.85. The van der Waals surface area contributed by atoms with Gasteiger partial charge in [0.1, 0.15) is 11.2 Å². The Morgan fingerprint density at radius 2 is 1.67 bits per heavy atom. The first-order valence-electron chi connectivity index (χ1n) is 8.51. The molecule has 1 N–H and O–H groups in total. The summed E-state index contributed by atoms with van der Waals surface area (Å²) in [6.45, 7) is 9.67. The van der Waals surface area contributed by atoms with Crippen LogP contribution in [0.5, 0.6) is 0 Å². The van der Waals surface area contributed by atoms with Crippen LogP contribution in [0, 0.1) is 0 Å². The molecular weight excluding hydrogens is 362 g/mol. The molecule has 10 nitrogen and oxygen atoms in total. The molecule has 1 amide bonds. The predicted octanol–water partition coefficient (Wildman–Crippen LogP) is 1.44. The summed E-state index contributed by atoms with van der Waals surface area (Å²) in [4.78, 5) is 52.7. The first-order valence-corrected chi connectivity index (χ1v) is 8.51. The van der Waals surface area contributed by atoms with Crippen molar-refractivity contribution < 1.29 is 43.3 Å². The van der Waals surface area contributed by atoms with E-state index < -0.39 is 54.0 Å². The molecule has 2 atom stereocenters. The fourth-order valence-electron chi connectivity index (χ4n) is 2.01. The first-order chi connectivity index (χ1) is 12.2. The van der Waals surface area contributed by atoms with Crippen molar-refractivity contribution in [2.24, 2.45) is 0 Å². The van der Waals surface area contributed by atoms with Crippen molar-refractivity contribution in [2.75, 3.05) is 0 Å². The van der Waals surface area contributed by atoms with Crippen molar-refractivity contribution in [3.8, 4) is 0 Å². The maximum atomic E-state index is 12.3. The normalized spacial score (nSPS) is 18.7. The molecular formula is C17H27NO9. The van der Waals surface area contributed by atoms with Crippen molar-refractivity contribution in [1.82, 2.24) is 5.06 Å². The minimum absolute atomic E-state index is 0.00188. The van der Waals surface area contributed by atoms with Crippen molar-refractivity contribution in [1.29, 1.82) is 0 Å². The number of hydrogen-bond acceptors (Lipinski definition) is 9. The smallest absolute Gasteiger partial charge is 0.460 e. The van der Waals surface area contributed by atoms with Gasteiger partial charge in [-0.05, 0) is 41.5 Å². The summed E-state index contributed by atoms with van der Waals surface area (Å²) in [6.07, 6.45) is -4.76. The lowest BCUT2D eigenvalue weighted by atomic mass is 10.2. The maximum absolute atomic E-state index is 12.3. The number of hydroxylamine groups is 2. The van der Waals surface area contributed by atoms with E-state index in [0.29, 0.717) is 5.06 Å². The van der Waals surface area contributed by atoms with E-state index in [1.807, 2.05) is 0 Å². The van der Waals surface area contributed by atoms with Gasteiger partial charge in [0.15, 0.2) is 6.23 Å². The van der Waals surface area contributed by atoms with Crippen LogP contribution in [-0.2, 0) is 33.4 Å². The Morgan fingerprint density at radius 1 is 1.11 bits per heavy atom. The second kappa shape index (κ2) is 8.55. The first kappa shape index (κ1) is 22.7. The average Bonchev–Trinajstić information content (AvgIpc) is 2.74. The van der Waals surface area contributed by atoms with Crippen LogP contribution in [0.15, 0.2) is 0 Å². The number of aliphatic hydroxyl groups excluding tert-OH is 1. The molecule has 10 heteroatoms. The minimum Gasteiger partial charge on any atom is -0.460 e. The third kappa shape index (κ3) is 8.25. The van der Waals surface area contributed by atoms with Gasteiger partial charge in [0.05, 0.1) is 6.42 Å². The van der Waals surface area contributed by atoms with Gasteiger partial charge in [-0.3, -0.25) is 9.59 Å². The fraction of sp³-hybridized carbons (Fsp3) is 0.765. The summed E-state index contributed by atoms with van der Waals surface area (Å²) in [5, 5.41) is 10.2. The highest BCUT2D eigenvalue weighted by Crippen LogP contribution is 2.19. The number of hydrogen-bond donors (Lipinski definition) is 1. The summed E-state index contributed by atoms with van der Waals surface area (Å²) < 4.78 is 15.0. The summed E-state index contributed by atoms with van der Waals surface area (Å²) in [7, 11) is 0. The lowest BCUT2D eigenvalue weighted by Gasteiger charge is -2.25. The molecule has 0 aromatic carbocycles. The molecule has 0 radical (unpaired) electrons. The molecule has 0 bridgehead atoms. The quantitative estimate of drug-likeness (QED) is 0.694. The zero-order valence-electron chi connectivity index (χ0n) is 16.4. The van der Waals surface area contributed by atoms with Gasteiger partial charge in [-0.2, -0.15) is 0 Å². The number of amides is 1. The van der Waals surface area contributed by atoms with Crippen LogP contribution in [0.25, 0.3) is 0 Å². The number of nitrogens with zero attached hydrogens (tertiary/aromatic N) is 1. The molecule has 0 saturated carbocycles. The zero-order chi connectivity index (χ0) is 21.0. The van der Waals surface area contributed by atoms with Crippen molar-refractivity contribution >= 4 is 24.0 Å². The van der Waals surface area contributed by atoms with E-state index in [9.17, 15) is 24.3 Å². The molecule has 1 saturated heterocycles. The SMILES string of the molecule is CC(C)(C)OC(=O)C[C@H](OC(=O)OC(C)(C)C)C(=O)ON1C(=O)CCC1O. The Morgan fingerprint density at radius 3 is 2.11 bits per heavy atom. The number of esters is 1. The summed E-state index contributed by atoms with van der Waals surface area (Å²) >= 11 is 0. The lowest BCUT2D eigenvalue weighted by Crippen LogP contribution is -2.42. The Balaban J connectivity index is 2.85. The van der Waals surface area contributed by atoms with Crippen LogP contribution in [0.4, 0.5) is 4.79 Å². The largest absolute Gasteiger partial charge is 0.509 e. The van der Waals surface area contributed by atoms with E-state index in [0.717, 1.165) is 0 Å². The van der Waals surface area contributed by atoms with Crippen molar-refractivity contribution in [3.05, 3.63) is 0 Å². The van der Waals surface area contributed by atoms with E-state index in [2.05, 4.69) is 0 Å². The monoisotopic (exact) mass is 389 g/mol. The van der Waals surface area contributed by atoms with E-state index in [1.54, 1.807) is 41.5 Å². The average molecular weight is 389 g/mol. The molecule has 1 unspecified atom stereocenters.